The molecule has 0 atom stereocenters. The van der Waals surface area contributed by atoms with Gasteiger partial charge in [-0.05, 0) is 12.0 Å². The smallest absolute Gasteiger partial charge is 0.418 e. The Bertz CT molecular complexity index is 525. The molecule has 0 aliphatic heterocycles. The molecule has 0 spiro atoms. The molecule has 0 aliphatic carbocycles. The predicted octanol–water partition coefficient (Wildman–Crippen LogP) is 3.35. The van der Waals surface area contributed by atoms with Gasteiger partial charge in [0.05, 0.1) is 0 Å². The lowest BCUT2D eigenvalue weighted by atomic mass is 10.2. The van der Waals surface area contributed by atoms with E-state index in [1.54, 1.807) is 6.19 Å². The van der Waals surface area contributed by atoms with E-state index in [1.165, 1.54) is 7.05 Å². The molecule has 118 valence electrons. The highest BCUT2D eigenvalue weighted by molar-refractivity contribution is 5.91. The summed E-state index contributed by atoms with van der Waals surface area (Å²) in [4.78, 5) is 26.0. The Labute approximate surface area is 130 Å². The van der Waals surface area contributed by atoms with Gasteiger partial charge in [0.25, 0.3) is 0 Å². The summed E-state index contributed by atoms with van der Waals surface area (Å²) < 4.78 is 5.17. The molecule has 0 aromatic heterocycles. The zero-order chi connectivity index (χ0) is 16.4. The van der Waals surface area contributed by atoms with Gasteiger partial charge in [0.15, 0.2) is 6.19 Å². The van der Waals surface area contributed by atoms with E-state index in [0.717, 1.165) is 28.2 Å². The highest BCUT2D eigenvalue weighted by Crippen LogP contribution is 2.07. The molecule has 1 rings (SSSR count). The maximum Gasteiger partial charge on any atom is 0.418 e. The van der Waals surface area contributed by atoms with E-state index in [0.29, 0.717) is 6.42 Å². The van der Waals surface area contributed by atoms with E-state index in [-0.39, 0.29) is 13.2 Å². The highest BCUT2D eigenvalue weighted by atomic mass is 16.6. The number of carbonyl (C=O) groups excluding carboxylic acids is 2. The molecule has 0 aliphatic rings. The molecule has 1 aromatic carbocycles. The van der Waals surface area contributed by atoms with Crippen molar-refractivity contribution in [3.63, 3.8) is 0 Å². The van der Waals surface area contributed by atoms with Crippen molar-refractivity contribution in [2.45, 2.75) is 32.8 Å². The van der Waals surface area contributed by atoms with Gasteiger partial charge >= 0.3 is 12.1 Å². The molecule has 6 nitrogen and oxygen atoms in total. The molecule has 0 unspecified atom stereocenters. The first kappa shape index (κ1) is 17.5. The second-order valence-electron chi connectivity index (χ2n) is 4.84. The Morgan fingerprint density at radius 1 is 1.23 bits per heavy atom. The molecule has 0 saturated heterocycles. The fourth-order valence-electron chi connectivity index (χ4n) is 1.81. The van der Waals surface area contributed by atoms with Crippen molar-refractivity contribution in [2.24, 2.45) is 0 Å². The molecule has 0 saturated carbocycles. The Kier molecular flexibility index (Phi) is 7.48. The number of ether oxygens (including phenoxy) is 1. The quantitative estimate of drug-likeness (QED) is 0.459. The van der Waals surface area contributed by atoms with Crippen molar-refractivity contribution >= 4 is 12.1 Å². The summed E-state index contributed by atoms with van der Waals surface area (Å²) >= 11 is 0. The van der Waals surface area contributed by atoms with E-state index in [2.05, 4.69) is 0 Å². The summed E-state index contributed by atoms with van der Waals surface area (Å²) in [6, 6.07) is 8.55. The van der Waals surface area contributed by atoms with Crippen LogP contribution in [0.15, 0.2) is 30.3 Å². The lowest BCUT2D eigenvalue weighted by Crippen LogP contribution is -2.43. The van der Waals surface area contributed by atoms with Crippen molar-refractivity contribution in [1.29, 1.82) is 5.26 Å². The largest absolute Gasteiger partial charge is 0.444 e. The number of hydrogen-bond donors (Lipinski definition) is 0. The maximum absolute atomic E-state index is 12.1. The van der Waals surface area contributed by atoms with Crippen molar-refractivity contribution in [3.8, 4) is 6.19 Å². The lowest BCUT2D eigenvalue weighted by molar-refractivity contribution is 0.0986. The van der Waals surface area contributed by atoms with Crippen LogP contribution in [0.3, 0.4) is 0 Å². The topological polar surface area (TPSA) is 73.6 Å². The molecular formula is C16H21N3O3. The Morgan fingerprint density at radius 2 is 1.91 bits per heavy atom. The normalized spacial score (nSPS) is 9.68. The van der Waals surface area contributed by atoms with Gasteiger partial charge in [-0.2, -0.15) is 5.26 Å². The van der Waals surface area contributed by atoms with Gasteiger partial charge in [0.2, 0.25) is 0 Å². The van der Waals surface area contributed by atoms with Gasteiger partial charge < -0.3 is 4.74 Å². The monoisotopic (exact) mass is 303 g/mol. The third-order valence-electron chi connectivity index (χ3n) is 3.08. The first-order valence-corrected chi connectivity index (χ1v) is 7.25. The van der Waals surface area contributed by atoms with Crippen LogP contribution < -0.4 is 0 Å². The minimum absolute atomic E-state index is 0.0908. The number of urea groups is 1. The second-order valence-corrected chi connectivity index (χ2v) is 4.84. The zero-order valence-corrected chi connectivity index (χ0v) is 13.0. The summed E-state index contributed by atoms with van der Waals surface area (Å²) in [5.74, 6) is 0. The van der Waals surface area contributed by atoms with Crippen LogP contribution in [0.1, 0.15) is 31.7 Å². The van der Waals surface area contributed by atoms with E-state index < -0.39 is 12.1 Å². The van der Waals surface area contributed by atoms with Crippen molar-refractivity contribution in [1.82, 2.24) is 9.80 Å². The molecular weight excluding hydrogens is 282 g/mol. The van der Waals surface area contributed by atoms with Crippen LogP contribution in [-0.2, 0) is 11.3 Å². The SMILES string of the molecule is CCCCCN(C(=O)OCc1ccccc1)C(=O)N(C)C#N. The molecule has 0 heterocycles. The summed E-state index contributed by atoms with van der Waals surface area (Å²) in [6.07, 6.45) is 3.51. The van der Waals surface area contributed by atoms with Crippen molar-refractivity contribution < 1.29 is 14.3 Å². The summed E-state index contributed by atoms with van der Waals surface area (Å²) in [7, 11) is 1.32. The number of amides is 3. The summed E-state index contributed by atoms with van der Waals surface area (Å²) in [5.41, 5.74) is 0.838. The summed E-state index contributed by atoms with van der Waals surface area (Å²) in [6.45, 7) is 2.36. The first-order valence-electron chi connectivity index (χ1n) is 7.25. The van der Waals surface area contributed by atoms with Gasteiger partial charge in [0, 0.05) is 13.6 Å². The number of nitrogens with zero attached hydrogens (tertiary/aromatic N) is 3. The average Bonchev–Trinajstić information content (AvgIpc) is 2.56. The van der Waals surface area contributed by atoms with Gasteiger partial charge in [-0.15, -0.1) is 0 Å². The number of benzene rings is 1. The van der Waals surface area contributed by atoms with Crippen LogP contribution in [0.25, 0.3) is 0 Å². The molecule has 22 heavy (non-hydrogen) atoms. The van der Waals surface area contributed by atoms with Crippen LogP contribution in [0.5, 0.6) is 0 Å². The number of rotatable bonds is 6. The Hall–Kier alpha value is -2.55. The lowest BCUT2D eigenvalue weighted by Gasteiger charge is -2.22. The van der Waals surface area contributed by atoms with Gasteiger partial charge in [-0.1, -0.05) is 50.1 Å². The highest BCUT2D eigenvalue weighted by Gasteiger charge is 2.25. The predicted molar refractivity (Wildman–Crippen MR) is 81.6 cm³/mol. The Balaban J connectivity index is 2.66. The number of unbranched alkanes of at least 4 members (excludes halogenated alkanes) is 2. The fraction of sp³-hybridized carbons (Fsp3) is 0.438. The van der Waals surface area contributed by atoms with E-state index >= 15 is 0 Å². The molecule has 3 amide bonds. The third kappa shape index (κ3) is 5.44. The number of hydrogen-bond acceptors (Lipinski definition) is 4. The standard InChI is InChI=1S/C16H21N3O3/c1-3-4-8-11-19(15(20)18(2)13-17)16(21)22-12-14-9-6-5-7-10-14/h5-7,9-10H,3-4,8,11-12H2,1-2H3. The third-order valence-corrected chi connectivity index (χ3v) is 3.08. The maximum atomic E-state index is 12.1. The van der Waals surface area contributed by atoms with Crippen LogP contribution >= 0.6 is 0 Å². The van der Waals surface area contributed by atoms with E-state index in [1.807, 2.05) is 37.3 Å². The summed E-state index contributed by atoms with van der Waals surface area (Å²) in [5, 5.41) is 8.79. The van der Waals surface area contributed by atoms with Gasteiger partial charge in [0.1, 0.15) is 6.61 Å². The molecule has 0 N–H and O–H groups in total. The number of carbonyl (C=O) groups is 2. The van der Waals surface area contributed by atoms with Crippen molar-refractivity contribution in [2.75, 3.05) is 13.6 Å². The average molecular weight is 303 g/mol. The van der Waals surface area contributed by atoms with Crippen molar-refractivity contribution in [3.05, 3.63) is 35.9 Å². The molecule has 6 heteroatoms. The van der Waals surface area contributed by atoms with Crippen LogP contribution in [0.2, 0.25) is 0 Å². The minimum atomic E-state index is -0.730. The number of nitriles is 1. The van der Waals surface area contributed by atoms with E-state index in [4.69, 9.17) is 10.00 Å². The second kappa shape index (κ2) is 9.40. The molecule has 0 fully saturated rings. The zero-order valence-electron chi connectivity index (χ0n) is 13.0. The first-order chi connectivity index (χ1) is 10.6. The minimum Gasteiger partial charge on any atom is -0.444 e. The number of imide groups is 1. The van der Waals surface area contributed by atoms with Gasteiger partial charge in [-0.3, -0.25) is 0 Å². The Morgan fingerprint density at radius 3 is 2.50 bits per heavy atom. The van der Waals surface area contributed by atoms with E-state index in [9.17, 15) is 9.59 Å². The van der Waals surface area contributed by atoms with Crippen LogP contribution in [0, 0.1) is 11.5 Å². The van der Waals surface area contributed by atoms with Crippen LogP contribution in [-0.4, -0.2) is 35.5 Å². The molecule has 1 aromatic rings. The molecule has 0 radical (unpaired) electrons. The fourth-order valence-corrected chi connectivity index (χ4v) is 1.81. The van der Waals surface area contributed by atoms with Crippen LogP contribution in [0.4, 0.5) is 9.59 Å². The van der Waals surface area contributed by atoms with Gasteiger partial charge in [-0.25, -0.2) is 19.4 Å². The molecule has 0 bridgehead atoms.